The van der Waals surface area contributed by atoms with E-state index in [2.05, 4.69) is 4.98 Å². The third kappa shape index (κ3) is 5.17. The Morgan fingerprint density at radius 2 is 2.08 bits per heavy atom. The van der Waals surface area contributed by atoms with Gasteiger partial charge in [-0.05, 0) is 50.2 Å². The van der Waals surface area contributed by atoms with Crippen molar-refractivity contribution in [3.63, 3.8) is 0 Å². The zero-order valence-corrected chi connectivity index (χ0v) is 15.7. The topological polar surface area (TPSA) is 60.9 Å². The lowest BCUT2D eigenvalue weighted by Crippen LogP contribution is -2.51. The summed E-state index contributed by atoms with van der Waals surface area (Å²) in [5.74, 6) is 1.70. The van der Waals surface area contributed by atoms with E-state index in [9.17, 15) is 4.79 Å². The van der Waals surface area contributed by atoms with Crippen LogP contribution in [-0.2, 0) is 14.3 Å². The Kier molecular flexibility index (Phi) is 6.86. The fourth-order valence-corrected chi connectivity index (χ4v) is 4.01. The molecule has 0 aliphatic carbocycles. The summed E-state index contributed by atoms with van der Waals surface area (Å²) >= 11 is 0. The van der Waals surface area contributed by atoms with Crippen LogP contribution in [0.4, 0.5) is 0 Å². The predicted octanol–water partition coefficient (Wildman–Crippen LogP) is 2.67. The molecule has 6 nitrogen and oxygen atoms in total. The number of piperidine rings is 1. The number of likely N-dealkylation sites (tertiary alicyclic amines) is 1. The highest BCUT2D eigenvalue weighted by atomic mass is 16.5. The SMILES string of the molecule is COCCC(=O)N1CCC2(CC1)CC(CCOc1ccncc1)CCO2. The fourth-order valence-electron chi connectivity index (χ4n) is 4.01. The molecule has 0 saturated carbocycles. The molecule has 1 aromatic heterocycles. The van der Waals surface area contributed by atoms with Gasteiger partial charge in [-0.2, -0.15) is 0 Å². The van der Waals surface area contributed by atoms with Gasteiger partial charge in [0.05, 0.1) is 25.2 Å². The maximum atomic E-state index is 12.2. The van der Waals surface area contributed by atoms with Crippen molar-refractivity contribution < 1.29 is 19.0 Å². The van der Waals surface area contributed by atoms with Crippen LogP contribution in [0.15, 0.2) is 24.5 Å². The van der Waals surface area contributed by atoms with Crippen LogP contribution in [0.5, 0.6) is 5.75 Å². The predicted molar refractivity (Wildman–Crippen MR) is 98.1 cm³/mol. The van der Waals surface area contributed by atoms with Crippen molar-refractivity contribution in [2.75, 3.05) is 40.0 Å². The van der Waals surface area contributed by atoms with E-state index in [1.807, 2.05) is 17.0 Å². The normalized spacial score (nSPS) is 22.3. The van der Waals surface area contributed by atoms with E-state index in [0.717, 1.165) is 64.2 Å². The first-order chi connectivity index (χ1) is 12.7. The van der Waals surface area contributed by atoms with Crippen LogP contribution in [-0.4, -0.2) is 61.4 Å². The molecule has 3 heterocycles. The van der Waals surface area contributed by atoms with Gasteiger partial charge in [0.1, 0.15) is 5.75 Å². The Balaban J connectivity index is 1.42. The molecule has 0 aromatic carbocycles. The zero-order valence-electron chi connectivity index (χ0n) is 15.7. The standard InChI is InChI=1S/C20H30N2O4/c1-24-13-6-19(23)22-11-7-20(8-12-22)16-17(5-15-26-20)4-14-25-18-2-9-21-10-3-18/h2-3,9-10,17H,4-8,11-16H2,1H3. The number of hydrogen-bond donors (Lipinski definition) is 0. The van der Waals surface area contributed by atoms with Crippen LogP contribution in [0.1, 0.15) is 38.5 Å². The molecule has 2 aliphatic heterocycles. The Hall–Kier alpha value is -1.66. The third-order valence-corrected chi connectivity index (χ3v) is 5.59. The largest absolute Gasteiger partial charge is 0.493 e. The first-order valence-corrected chi connectivity index (χ1v) is 9.64. The number of pyridine rings is 1. The number of nitrogens with zero attached hydrogens (tertiary/aromatic N) is 2. The van der Waals surface area contributed by atoms with Crippen LogP contribution >= 0.6 is 0 Å². The summed E-state index contributed by atoms with van der Waals surface area (Å²) in [7, 11) is 1.63. The lowest BCUT2D eigenvalue weighted by Gasteiger charge is -2.46. The Morgan fingerprint density at radius 1 is 1.31 bits per heavy atom. The lowest BCUT2D eigenvalue weighted by molar-refractivity contribution is -0.148. The summed E-state index contributed by atoms with van der Waals surface area (Å²) in [6.07, 6.45) is 9.07. The molecule has 0 bridgehead atoms. The van der Waals surface area contributed by atoms with Crippen molar-refractivity contribution in [2.45, 2.75) is 44.1 Å². The summed E-state index contributed by atoms with van der Waals surface area (Å²) in [6.45, 7) is 3.63. The van der Waals surface area contributed by atoms with E-state index in [1.54, 1.807) is 19.5 Å². The first kappa shape index (κ1) is 19.1. The highest BCUT2D eigenvalue weighted by Crippen LogP contribution is 2.38. The van der Waals surface area contributed by atoms with E-state index < -0.39 is 0 Å². The Morgan fingerprint density at radius 3 is 2.81 bits per heavy atom. The van der Waals surface area contributed by atoms with Crippen molar-refractivity contribution >= 4 is 5.91 Å². The number of methoxy groups -OCH3 is 1. The van der Waals surface area contributed by atoms with Gasteiger partial charge >= 0.3 is 0 Å². The van der Waals surface area contributed by atoms with Crippen LogP contribution in [0.2, 0.25) is 0 Å². The van der Waals surface area contributed by atoms with E-state index in [4.69, 9.17) is 14.2 Å². The minimum Gasteiger partial charge on any atom is -0.493 e. The van der Waals surface area contributed by atoms with Gasteiger partial charge in [-0.1, -0.05) is 0 Å². The molecule has 144 valence electrons. The number of amides is 1. The molecule has 1 aromatic rings. The van der Waals surface area contributed by atoms with E-state index >= 15 is 0 Å². The van der Waals surface area contributed by atoms with Crippen LogP contribution < -0.4 is 4.74 Å². The molecule has 2 fully saturated rings. The smallest absolute Gasteiger partial charge is 0.224 e. The molecular formula is C20H30N2O4. The second-order valence-electron chi connectivity index (χ2n) is 7.33. The minimum atomic E-state index is -0.0440. The summed E-state index contributed by atoms with van der Waals surface area (Å²) in [6, 6.07) is 3.78. The number of rotatable bonds is 7. The number of aromatic nitrogens is 1. The molecule has 1 atom stereocenters. The zero-order chi connectivity index (χ0) is 18.2. The molecule has 2 saturated heterocycles. The van der Waals surface area contributed by atoms with Gasteiger partial charge in [-0.15, -0.1) is 0 Å². The maximum Gasteiger partial charge on any atom is 0.224 e. The van der Waals surface area contributed by atoms with Crippen molar-refractivity contribution in [1.82, 2.24) is 9.88 Å². The van der Waals surface area contributed by atoms with Gasteiger partial charge in [0.2, 0.25) is 5.91 Å². The van der Waals surface area contributed by atoms with E-state index in [0.29, 0.717) is 18.9 Å². The highest BCUT2D eigenvalue weighted by Gasteiger charge is 2.40. The third-order valence-electron chi connectivity index (χ3n) is 5.59. The average molecular weight is 362 g/mol. The number of ether oxygens (including phenoxy) is 3. The molecule has 1 amide bonds. The molecule has 26 heavy (non-hydrogen) atoms. The van der Waals surface area contributed by atoms with Gasteiger partial charge in [-0.25, -0.2) is 0 Å². The second-order valence-corrected chi connectivity index (χ2v) is 7.33. The van der Waals surface area contributed by atoms with Gasteiger partial charge < -0.3 is 19.1 Å². The van der Waals surface area contributed by atoms with Crippen molar-refractivity contribution in [3.8, 4) is 5.75 Å². The molecule has 1 spiro atoms. The van der Waals surface area contributed by atoms with Crippen LogP contribution in [0, 0.1) is 5.92 Å². The quantitative estimate of drug-likeness (QED) is 0.746. The maximum absolute atomic E-state index is 12.2. The minimum absolute atomic E-state index is 0.0440. The van der Waals surface area contributed by atoms with Gasteiger partial charge in [0.25, 0.3) is 0 Å². The fraction of sp³-hybridized carbons (Fsp3) is 0.700. The number of carbonyl (C=O) groups is 1. The van der Waals surface area contributed by atoms with Gasteiger partial charge in [0.15, 0.2) is 0 Å². The van der Waals surface area contributed by atoms with Crippen molar-refractivity contribution in [1.29, 1.82) is 0 Å². The van der Waals surface area contributed by atoms with Gasteiger partial charge in [0, 0.05) is 39.2 Å². The molecule has 6 heteroatoms. The summed E-state index contributed by atoms with van der Waals surface area (Å²) in [4.78, 5) is 18.1. The molecule has 1 unspecified atom stereocenters. The lowest BCUT2D eigenvalue weighted by atomic mass is 9.78. The molecule has 0 N–H and O–H groups in total. The molecular weight excluding hydrogens is 332 g/mol. The first-order valence-electron chi connectivity index (χ1n) is 9.64. The highest BCUT2D eigenvalue weighted by molar-refractivity contribution is 5.76. The van der Waals surface area contributed by atoms with Crippen molar-refractivity contribution in [2.24, 2.45) is 5.92 Å². The summed E-state index contributed by atoms with van der Waals surface area (Å²) < 4.78 is 17.0. The second kappa shape index (κ2) is 9.33. The van der Waals surface area contributed by atoms with E-state index in [-0.39, 0.29) is 11.5 Å². The van der Waals surface area contributed by atoms with Gasteiger partial charge in [-0.3, -0.25) is 9.78 Å². The van der Waals surface area contributed by atoms with Crippen molar-refractivity contribution in [3.05, 3.63) is 24.5 Å². The number of carbonyl (C=O) groups excluding carboxylic acids is 1. The number of hydrogen-bond acceptors (Lipinski definition) is 5. The Labute approximate surface area is 155 Å². The van der Waals surface area contributed by atoms with Crippen LogP contribution in [0.3, 0.4) is 0 Å². The molecule has 3 rings (SSSR count). The van der Waals surface area contributed by atoms with Crippen LogP contribution in [0.25, 0.3) is 0 Å². The molecule has 0 radical (unpaired) electrons. The van der Waals surface area contributed by atoms with E-state index in [1.165, 1.54) is 0 Å². The molecule has 2 aliphatic rings. The summed E-state index contributed by atoms with van der Waals surface area (Å²) in [5.41, 5.74) is -0.0440. The monoisotopic (exact) mass is 362 g/mol. The average Bonchev–Trinajstić information content (AvgIpc) is 2.68. The Bertz CT molecular complexity index is 558. The summed E-state index contributed by atoms with van der Waals surface area (Å²) in [5, 5.41) is 0.